The lowest BCUT2D eigenvalue weighted by molar-refractivity contribution is 0.0577. The Labute approximate surface area is 920 Å². The number of nitrogen functional groups attached to an aromatic ring is 1. The molecule has 1 aromatic heterocycles. The van der Waals surface area contributed by atoms with Gasteiger partial charge in [-0.2, -0.15) is 0 Å². The van der Waals surface area contributed by atoms with E-state index < -0.39 is 35.4 Å². The minimum atomic E-state index is -1.03. The molecule has 148 heavy (non-hydrogen) atoms. The molecule has 0 bridgehead atoms. The molecule has 0 saturated carbocycles. The number of hydrogen-bond acceptors (Lipinski definition) is 21. The summed E-state index contributed by atoms with van der Waals surface area (Å²) < 4.78 is 74.0. The highest BCUT2D eigenvalue weighted by molar-refractivity contribution is 9.08. The highest BCUT2D eigenvalue weighted by Gasteiger charge is 2.27. The Morgan fingerprint density at radius 2 is 0.784 bits per heavy atom. The Bertz CT molecular complexity index is 6670. The number of fused-ring (bicyclic) bond motifs is 4. The maximum Gasteiger partial charge on any atom is 0.360 e. The van der Waals surface area contributed by atoms with Gasteiger partial charge in [-0.3, -0.25) is 14.3 Å². The Morgan fingerprint density at radius 1 is 0.426 bits per heavy atom. The highest BCUT2D eigenvalue weighted by atomic mass is 79.9. The number of aromatic carboxylic acids is 2. The van der Waals surface area contributed by atoms with Gasteiger partial charge in [-0.15, -0.1) is 0 Å². The van der Waals surface area contributed by atoms with Crippen LogP contribution in [-0.2, 0) is 57.3 Å². The molecule has 1 atom stereocenters. The van der Waals surface area contributed by atoms with Gasteiger partial charge in [0.05, 0.1) is 61.8 Å². The fraction of sp³-hybridized carbons (Fsp3) is 0.159. The number of hydrogen-bond donors (Lipinski definition) is 6. The van der Waals surface area contributed by atoms with Gasteiger partial charge in [0, 0.05) is 121 Å². The van der Waals surface area contributed by atoms with Gasteiger partial charge >= 0.3 is 43.4 Å². The van der Waals surface area contributed by atoms with E-state index in [0.29, 0.717) is 160 Å². The minimum absolute atomic E-state index is 0.109. The number of benzene rings is 13. The van der Waals surface area contributed by atoms with Crippen molar-refractivity contribution in [3.8, 4) is 34.5 Å². The first-order valence-corrected chi connectivity index (χ1v) is 48.7. The number of nitrogens with two attached hydrogens (primary N) is 1. The van der Waals surface area contributed by atoms with Crippen molar-refractivity contribution in [3.05, 3.63) is 450 Å². The number of aromatic hydroxyl groups is 1. The minimum Gasteiger partial charge on any atom is -0.508 e. The van der Waals surface area contributed by atoms with Crippen LogP contribution in [0.3, 0.4) is 0 Å². The van der Waals surface area contributed by atoms with Gasteiger partial charge < -0.3 is 78.3 Å². The number of ketones is 1. The van der Waals surface area contributed by atoms with E-state index in [0.717, 1.165) is 43.6 Å². The van der Waals surface area contributed by atoms with E-state index in [4.69, 9.17) is 203 Å². The Balaban J connectivity index is 0.000000292. The number of phenolic OH excluding ortho intramolecular Hbond substituents is 1. The van der Waals surface area contributed by atoms with Crippen molar-refractivity contribution in [2.45, 2.75) is 78.5 Å². The summed E-state index contributed by atoms with van der Waals surface area (Å²) >= 11 is 72.9. The highest BCUT2D eigenvalue weighted by Crippen LogP contribution is 2.39. The summed E-state index contributed by atoms with van der Waals surface area (Å²) in [5.41, 5.74) is 10.1. The maximum absolute atomic E-state index is 12.4. The van der Waals surface area contributed by atoms with Gasteiger partial charge in [0.25, 0.3) is 0 Å². The number of carbonyl (C=O) groups is 7. The Kier molecular flexibility index (Phi) is 57.0. The molecule has 41 heteroatoms. The molecule has 1 radical (unpaired) electrons. The van der Waals surface area contributed by atoms with Crippen LogP contribution < -0.4 is 35.0 Å². The van der Waals surface area contributed by atoms with Crippen LogP contribution in [0.15, 0.2) is 284 Å². The van der Waals surface area contributed by atoms with Crippen LogP contribution in [0.1, 0.15) is 154 Å². The monoisotopic (exact) mass is 2330 g/mol. The zero-order valence-corrected chi connectivity index (χ0v) is 90.3. The number of carbonyl (C=O) groups excluding carboxylic acids is 5. The lowest BCUT2D eigenvalue weighted by Crippen LogP contribution is -2.25. The molecule has 2 aliphatic rings. The molecular weight excluding hydrogens is 2240 g/mol. The van der Waals surface area contributed by atoms with Crippen LogP contribution in [0.4, 0.5) is 13.5 Å². The maximum atomic E-state index is 12.4. The number of carboxylic acid groups (broad SMARTS) is 2. The van der Waals surface area contributed by atoms with Gasteiger partial charge in [0.1, 0.15) is 67.9 Å². The van der Waals surface area contributed by atoms with Crippen molar-refractivity contribution in [1.29, 1.82) is 0 Å². The number of phenols is 1. The van der Waals surface area contributed by atoms with Crippen molar-refractivity contribution in [1.82, 2.24) is 4.68 Å². The molecular formula is C107H94BBrCl12F3N2O22. The first-order chi connectivity index (χ1) is 70.6. The smallest absolute Gasteiger partial charge is 0.360 e. The summed E-state index contributed by atoms with van der Waals surface area (Å²) in [6.07, 6.45) is 1.04. The van der Waals surface area contributed by atoms with Crippen LogP contribution >= 0.6 is 155 Å². The van der Waals surface area contributed by atoms with Gasteiger partial charge in [0.2, 0.25) is 5.43 Å². The number of esters is 4. The number of halogens is 16. The molecule has 0 aliphatic carbocycles. The lowest BCUT2D eigenvalue weighted by Gasteiger charge is -2.13. The molecule has 3 heterocycles. The number of aryl methyl sites for hydroxylation is 2. The molecule has 0 fully saturated rings. The fourth-order valence-electron chi connectivity index (χ4n) is 12.2. The number of alkyl halides is 1. The predicted molar refractivity (Wildman–Crippen MR) is 579 cm³/mol. The van der Waals surface area contributed by atoms with E-state index in [2.05, 4.69) is 30.1 Å². The molecule has 2 aliphatic heterocycles. The summed E-state index contributed by atoms with van der Waals surface area (Å²) in [6, 6.07) is 76.4. The molecule has 14 aromatic rings. The van der Waals surface area contributed by atoms with Crippen LogP contribution in [0.5, 0.6) is 34.5 Å². The van der Waals surface area contributed by atoms with E-state index in [1.165, 1.54) is 52.8 Å². The van der Waals surface area contributed by atoms with Crippen molar-refractivity contribution in [2.75, 3.05) is 40.9 Å². The van der Waals surface area contributed by atoms with Gasteiger partial charge in [-0.05, 0) is 255 Å². The summed E-state index contributed by atoms with van der Waals surface area (Å²) in [5, 5.41) is 51.5. The van der Waals surface area contributed by atoms with Crippen molar-refractivity contribution < 1.29 is 115 Å². The van der Waals surface area contributed by atoms with E-state index in [1.807, 2.05) is 49.4 Å². The third-order valence-corrected chi connectivity index (χ3v) is 22.9. The SMILES string of the molecule is CCO.CC[B]F.COC(=O)c1c(OCc2ccccc2)c(=O)ccn1N.COC(=O)c1cc(Cl)ccc1C.COC(=O)c1cc(Cl)ccc1CBr.COC(=O)c1cc(Cl)ccc1COc1ccc(Cl)cc1.Cc1ccc(Cl)cc1C(=O)O.FF.O=C(O)c1cc(Cl)ccc1COc1ccc(Cl)cc1.O=C1c2cc(Cl)ccc2COc2ccc(Cl)cc21.OC1c2cc(Cl)ccc2COc2ccc(Cl)cc21.Oc1ccc(Cl)cc1. The number of aliphatic hydroxyl groups is 2. The second-order valence-corrected chi connectivity index (χ2v) is 35.5. The Morgan fingerprint density at radius 3 is 1.24 bits per heavy atom. The number of aromatic nitrogens is 1. The standard InChI is InChI=1S/C15H12Cl2O3.C14H10Cl2O3.C14H10Cl2O2.C14H8Cl2O2.C14H14N2O4.C9H8BrClO2.C9H9ClO2.C8H7ClO2.C6H5ClO.C2H5BF.C2H6O.F2/c1-19-15(18)14-8-12(17)3-2-10(14)9-20-13-6-4-11(16)5-7-13;15-10-3-5-12(6-4-10)19-8-9-1-2-11(16)7-13(9)14(17)18;2*15-9-2-1-8-7-18-13-4-3-10(16)6-12(13)14(17)11(8)5-9;1-19-14(18)12-13(11(17)7-8-16(12)15)20-9-10-5-3-2-4-6-10;1-13-9(12)8-4-7(11)3-2-6(8)5-10;1-6-3-4-7(10)5-8(6)9(11)12-2;1-5-2-3-6(9)4-7(5)8(10)11;7-5-1-3-6(8)4-2-5;1-2-3-4;1-2-3;1-2/h2-8H,9H2,1H3;1-7H,8H2,(H,17,18);1-6,14,17H,7H2;1-6H,7H2;2-8H,9,15H2,1H3;2-4H,5H2,1H3;3-5H,1-2H3;2-4H,1H3,(H,10,11);1-4,8H;2H2,1H3;3H,2H2,1H3;. The molecule has 0 spiro atoms. The van der Waals surface area contributed by atoms with Crippen molar-refractivity contribution in [2.24, 2.45) is 0 Å². The molecule has 779 valence electrons. The van der Waals surface area contributed by atoms with E-state index in [1.54, 1.807) is 233 Å². The number of pyridine rings is 1. The third kappa shape index (κ3) is 42.3. The number of ether oxygens (including phenoxy) is 9. The lowest BCUT2D eigenvalue weighted by atomic mass is 9.98. The average molecular weight is 2330 g/mol. The molecule has 16 rings (SSSR count). The molecule has 7 N–H and O–H groups in total. The normalized spacial score (nSPS) is 11.0. The second kappa shape index (κ2) is 66.9. The third-order valence-electron chi connectivity index (χ3n) is 19.5. The number of rotatable bonds is 17. The summed E-state index contributed by atoms with van der Waals surface area (Å²) in [4.78, 5) is 91.6. The van der Waals surface area contributed by atoms with E-state index in [9.17, 15) is 47.8 Å². The molecule has 0 amide bonds. The van der Waals surface area contributed by atoms with Gasteiger partial charge in [0.15, 0.2) is 17.2 Å². The number of nitrogens with zero attached hydrogens (tertiary/aromatic N) is 1. The van der Waals surface area contributed by atoms with E-state index in [-0.39, 0.29) is 72.5 Å². The number of carboxylic acids is 2. The molecule has 24 nitrogen and oxygen atoms in total. The topological polar surface area (TPSA) is 352 Å². The first kappa shape index (κ1) is 126. The molecule has 0 saturated heterocycles. The first-order valence-electron chi connectivity index (χ1n) is 43.1. The Hall–Kier alpha value is -12.4. The average Bonchev–Trinajstić information content (AvgIpc) is 1.71. The van der Waals surface area contributed by atoms with Crippen LogP contribution in [-0.4, -0.2) is 114 Å². The summed E-state index contributed by atoms with van der Waals surface area (Å²) in [7, 11) is 5.86. The predicted octanol–water partition coefficient (Wildman–Crippen LogP) is 29.3. The second-order valence-electron chi connectivity index (χ2n) is 29.7. The van der Waals surface area contributed by atoms with Crippen LogP contribution in [0, 0.1) is 13.8 Å². The summed E-state index contributed by atoms with van der Waals surface area (Å²) in [5.74, 6) is 4.28. The van der Waals surface area contributed by atoms with Crippen molar-refractivity contribution >= 4 is 204 Å². The zero-order valence-electron chi connectivity index (χ0n) is 79.6. The van der Waals surface area contributed by atoms with Crippen LogP contribution in [0.2, 0.25) is 66.6 Å². The number of aliphatic hydroxyl groups excluding tert-OH is 2. The number of methoxy groups -OCH3 is 4. The fourth-order valence-corrected chi connectivity index (χ4v) is 14.6. The largest absolute Gasteiger partial charge is 0.508 e. The zero-order chi connectivity index (χ0) is 110. The van der Waals surface area contributed by atoms with Gasteiger partial charge in [-0.1, -0.05) is 235 Å². The molecule has 13 aromatic carbocycles. The quantitative estimate of drug-likeness (QED) is 0.0162. The molecule has 1 unspecified atom stereocenters. The summed E-state index contributed by atoms with van der Waals surface area (Å²) in [6.45, 7) is 8.57. The van der Waals surface area contributed by atoms with E-state index >= 15 is 0 Å². The van der Waals surface area contributed by atoms with Gasteiger partial charge in [-0.25, -0.2) is 28.8 Å². The van der Waals surface area contributed by atoms with Crippen LogP contribution in [0.25, 0.3) is 0 Å². The van der Waals surface area contributed by atoms with Crippen molar-refractivity contribution in [3.63, 3.8) is 0 Å².